The largest absolute Gasteiger partial charge is 0.252 e. The second-order valence-electron chi connectivity index (χ2n) is 3.89. The van der Waals surface area contributed by atoms with E-state index >= 15 is 0 Å². The minimum Gasteiger partial charge on any atom is -0.205 e. The van der Waals surface area contributed by atoms with Gasteiger partial charge in [-0.15, -0.1) is 20.5 Å². The van der Waals surface area contributed by atoms with Gasteiger partial charge in [0.15, 0.2) is 0 Å². The zero-order valence-electron chi connectivity index (χ0n) is 9.44. The van der Waals surface area contributed by atoms with E-state index in [0.717, 1.165) is 25.3 Å². The number of rotatable bonds is 2. The number of fused-ring (bicyclic) bond motifs is 1. The highest BCUT2D eigenvalue weighted by atomic mass is 32.2. The molecule has 0 N–H and O–H groups in total. The van der Waals surface area contributed by atoms with E-state index in [0.29, 0.717) is 5.69 Å². The van der Waals surface area contributed by atoms with Crippen LogP contribution in [0, 0.1) is 0 Å². The Morgan fingerprint density at radius 3 is 2.72 bits per heavy atom. The second-order valence-corrected chi connectivity index (χ2v) is 6.81. The highest BCUT2D eigenvalue weighted by Gasteiger charge is 2.12. The van der Waals surface area contributed by atoms with Crippen molar-refractivity contribution in [1.29, 1.82) is 0 Å². The van der Waals surface area contributed by atoms with E-state index in [1.807, 2.05) is 30.3 Å². The normalized spacial score (nSPS) is 12.1. The molecule has 0 atom stereocenters. The number of thiophene rings is 1. The Balaban J connectivity index is 2.12. The average Bonchev–Trinajstić information content (AvgIpc) is 2.94. The van der Waals surface area contributed by atoms with Crippen molar-refractivity contribution in [2.24, 2.45) is 0 Å². The van der Waals surface area contributed by atoms with Crippen molar-refractivity contribution in [1.82, 2.24) is 14.4 Å². The van der Waals surface area contributed by atoms with Gasteiger partial charge in [0.1, 0.15) is 5.69 Å². The fourth-order valence-corrected chi connectivity index (χ4v) is 3.10. The first-order chi connectivity index (χ1) is 8.54. The topological polar surface area (TPSA) is 64.8 Å². The van der Waals surface area contributed by atoms with E-state index < -0.39 is 10.0 Å². The highest BCUT2D eigenvalue weighted by molar-refractivity contribution is 7.89. The monoisotopic (exact) mass is 279 g/mol. The summed E-state index contributed by atoms with van der Waals surface area (Å²) in [5, 5.41) is 8.63. The van der Waals surface area contributed by atoms with Gasteiger partial charge in [0.2, 0.25) is 0 Å². The number of benzene rings is 1. The maximum absolute atomic E-state index is 11.3. The quantitative estimate of drug-likeness (QED) is 0.719. The maximum atomic E-state index is 11.3. The number of nitrogens with zero attached hydrogens (tertiary/aromatic N) is 3. The first kappa shape index (κ1) is 11.4. The molecule has 2 aromatic heterocycles. The summed E-state index contributed by atoms with van der Waals surface area (Å²) in [4.78, 5) is 0.908. The summed E-state index contributed by atoms with van der Waals surface area (Å²) in [5.41, 5.74) is 0.571. The molecule has 0 spiro atoms. The Bertz CT molecular complexity index is 785. The lowest BCUT2D eigenvalue weighted by Gasteiger charge is -1.91. The molecule has 0 radical (unpaired) electrons. The van der Waals surface area contributed by atoms with Gasteiger partial charge in [0, 0.05) is 4.70 Å². The van der Waals surface area contributed by atoms with Gasteiger partial charge in [-0.05, 0) is 17.5 Å². The average molecular weight is 279 g/mol. The van der Waals surface area contributed by atoms with Crippen molar-refractivity contribution < 1.29 is 8.42 Å². The van der Waals surface area contributed by atoms with Crippen molar-refractivity contribution in [2.75, 3.05) is 6.26 Å². The third kappa shape index (κ3) is 1.91. The van der Waals surface area contributed by atoms with Crippen LogP contribution in [0.1, 0.15) is 0 Å². The molecule has 0 saturated carbocycles. The highest BCUT2D eigenvalue weighted by Crippen LogP contribution is 2.31. The lowest BCUT2D eigenvalue weighted by Crippen LogP contribution is -2.10. The van der Waals surface area contributed by atoms with E-state index in [4.69, 9.17) is 0 Å². The molecule has 3 rings (SSSR count). The molecular formula is C11H9N3O2S2. The summed E-state index contributed by atoms with van der Waals surface area (Å²) in [7, 11) is -3.37. The molecule has 3 aromatic rings. The van der Waals surface area contributed by atoms with Crippen molar-refractivity contribution >= 4 is 31.4 Å². The summed E-state index contributed by atoms with van der Waals surface area (Å²) in [6.45, 7) is 0. The van der Waals surface area contributed by atoms with Crippen molar-refractivity contribution in [3.63, 3.8) is 0 Å². The summed E-state index contributed by atoms with van der Waals surface area (Å²) in [5.74, 6) is 0. The molecular weight excluding hydrogens is 270 g/mol. The number of hydrogen-bond donors (Lipinski definition) is 0. The van der Waals surface area contributed by atoms with Crippen LogP contribution in [0.3, 0.4) is 0 Å². The smallest absolute Gasteiger partial charge is 0.205 e. The molecule has 0 aliphatic carbocycles. The van der Waals surface area contributed by atoms with Crippen LogP contribution in [0.5, 0.6) is 0 Å². The third-order valence-corrected chi connectivity index (χ3v) is 4.49. The zero-order valence-corrected chi connectivity index (χ0v) is 11.1. The van der Waals surface area contributed by atoms with Crippen molar-refractivity contribution in [3.8, 4) is 10.6 Å². The molecule has 7 heteroatoms. The fourth-order valence-electron chi connectivity index (χ4n) is 1.63. The molecule has 92 valence electrons. The van der Waals surface area contributed by atoms with Gasteiger partial charge >= 0.3 is 0 Å². The van der Waals surface area contributed by atoms with Crippen LogP contribution in [0.25, 0.3) is 20.7 Å². The summed E-state index contributed by atoms with van der Waals surface area (Å²) in [6.07, 6.45) is 2.52. The first-order valence-corrected chi connectivity index (χ1v) is 7.82. The summed E-state index contributed by atoms with van der Waals surface area (Å²) >= 11 is 1.56. The standard InChI is InChI=1S/C11H9N3O2S2/c1-18(15,16)14-7-9(12-13-14)11-6-8-4-2-3-5-10(8)17-11/h2-7H,1H3. The Kier molecular flexibility index (Phi) is 2.46. The Labute approximate surface area is 108 Å². The molecule has 18 heavy (non-hydrogen) atoms. The molecule has 5 nitrogen and oxygen atoms in total. The van der Waals surface area contributed by atoms with Crippen molar-refractivity contribution in [2.45, 2.75) is 0 Å². The van der Waals surface area contributed by atoms with Gasteiger partial charge in [-0.3, -0.25) is 0 Å². The van der Waals surface area contributed by atoms with Crippen molar-refractivity contribution in [3.05, 3.63) is 36.5 Å². The van der Waals surface area contributed by atoms with Crippen LogP contribution in [0.15, 0.2) is 36.5 Å². The molecule has 0 aliphatic heterocycles. The molecule has 2 heterocycles. The first-order valence-electron chi connectivity index (χ1n) is 5.16. The minimum absolute atomic E-state index is 0.571. The Hall–Kier alpha value is -1.73. The van der Waals surface area contributed by atoms with Crippen LogP contribution in [-0.4, -0.2) is 29.1 Å². The molecule has 1 aromatic carbocycles. The number of hydrogen-bond acceptors (Lipinski definition) is 5. The molecule has 0 unspecified atom stereocenters. The summed E-state index contributed by atoms with van der Waals surface area (Å²) in [6, 6.07) is 9.94. The number of aromatic nitrogens is 3. The Morgan fingerprint density at radius 2 is 2.06 bits per heavy atom. The fraction of sp³-hybridized carbons (Fsp3) is 0.0909. The van der Waals surface area contributed by atoms with E-state index in [1.165, 1.54) is 6.20 Å². The van der Waals surface area contributed by atoms with Crippen LogP contribution in [0.4, 0.5) is 0 Å². The second kappa shape index (κ2) is 3.89. The van der Waals surface area contributed by atoms with Crippen LogP contribution in [-0.2, 0) is 10.0 Å². The molecule has 0 saturated heterocycles. The SMILES string of the molecule is CS(=O)(=O)n1cc(-c2cc3ccccc3s2)nn1. The van der Waals surface area contributed by atoms with Gasteiger partial charge in [-0.2, -0.15) is 0 Å². The van der Waals surface area contributed by atoms with Gasteiger partial charge in [-0.1, -0.05) is 23.4 Å². The van der Waals surface area contributed by atoms with Gasteiger partial charge in [0.05, 0.1) is 17.3 Å². The van der Waals surface area contributed by atoms with E-state index in [2.05, 4.69) is 10.3 Å². The van der Waals surface area contributed by atoms with E-state index in [1.54, 1.807) is 11.3 Å². The van der Waals surface area contributed by atoms with Gasteiger partial charge < -0.3 is 0 Å². The third-order valence-electron chi connectivity index (χ3n) is 2.49. The lowest BCUT2D eigenvalue weighted by molar-refractivity contribution is 0.583. The van der Waals surface area contributed by atoms with Gasteiger partial charge in [-0.25, -0.2) is 8.42 Å². The molecule has 0 bridgehead atoms. The zero-order chi connectivity index (χ0) is 12.8. The molecule has 0 aliphatic rings. The maximum Gasteiger partial charge on any atom is 0.252 e. The van der Waals surface area contributed by atoms with Crippen LogP contribution >= 0.6 is 11.3 Å². The van der Waals surface area contributed by atoms with Crippen LogP contribution in [0.2, 0.25) is 0 Å². The minimum atomic E-state index is -3.37. The van der Waals surface area contributed by atoms with Gasteiger partial charge in [0.25, 0.3) is 10.0 Å². The van der Waals surface area contributed by atoms with E-state index in [-0.39, 0.29) is 0 Å². The summed E-state index contributed by atoms with van der Waals surface area (Å²) < 4.78 is 24.6. The van der Waals surface area contributed by atoms with Crippen LogP contribution < -0.4 is 0 Å². The molecule has 0 fully saturated rings. The lowest BCUT2D eigenvalue weighted by atomic mass is 10.2. The molecule has 0 amide bonds. The Morgan fingerprint density at radius 1 is 1.28 bits per heavy atom. The predicted molar refractivity (Wildman–Crippen MR) is 71.1 cm³/mol. The van der Waals surface area contributed by atoms with E-state index in [9.17, 15) is 8.42 Å². The predicted octanol–water partition coefficient (Wildman–Crippen LogP) is 1.97.